The normalized spacial score (nSPS) is 14.0. The van der Waals surface area contributed by atoms with Gasteiger partial charge in [0.2, 0.25) is 5.90 Å². The number of ether oxygens (including phenoxy) is 3. The maximum Gasteiger partial charge on any atom is 0.363 e. The minimum atomic E-state index is -0.699. The number of non-ortho nitro benzene ring substituents is 1. The molecule has 35 heavy (non-hydrogen) atoms. The number of carbonyl (C=O) groups is 1. The number of nitro groups is 1. The molecule has 4 rings (SSSR count). The molecule has 0 saturated carbocycles. The molecule has 0 bridgehead atoms. The van der Waals surface area contributed by atoms with Crippen molar-refractivity contribution in [1.82, 2.24) is 0 Å². The van der Waals surface area contributed by atoms with Crippen LogP contribution in [0.4, 0.5) is 5.69 Å². The molecule has 0 amide bonds. The quantitative estimate of drug-likeness (QED) is 0.0925. The standard InChI is InChI=1S/C24H15ClI2N2O6/c1-33-21-10-14(8-19(27)22(21)34-12-13-2-4-15(26)5-3-13)9-20-24(30)35-23(28-20)17-11-16(29(31)32)6-7-18(17)25/h2-11H,12H2,1H3/b20-9-. The first-order valence-corrected chi connectivity index (χ1v) is 12.5. The highest BCUT2D eigenvalue weighted by molar-refractivity contribution is 14.1. The predicted octanol–water partition coefficient (Wildman–Crippen LogP) is 6.39. The van der Waals surface area contributed by atoms with Gasteiger partial charge in [-0.05, 0) is 92.7 Å². The predicted molar refractivity (Wildman–Crippen MR) is 148 cm³/mol. The van der Waals surface area contributed by atoms with Crippen LogP contribution in [0.5, 0.6) is 11.5 Å². The maximum atomic E-state index is 12.4. The van der Waals surface area contributed by atoms with E-state index in [0.29, 0.717) is 23.7 Å². The van der Waals surface area contributed by atoms with E-state index in [1.165, 1.54) is 31.4 Å². The Balaban J connectivity index is 1.61. The van der Waals surface area contributed by atoms with Crippen LogP contribution in [0.3, 0.4) is 0 Å². The first-order valence-electron chi connectivity index (χ1n) is 9.97. The third-order valence-electron chi connectivity index (χ3n) is 4.86. The van der Waals surface area contributed by atoms with Crippen molar-refractivity contribution in [2.45, 2.75) is 6.61 Å². The molecule has 3 aromatic carbocycles. The molecule has 3 aromatic rings. The number of nitro benzene ring substituents is 1. The number of carbonyl (C=O) groups excluding carboxylic acids is 1. The minimum Gasteiger partial charge on any atom is -0.493 e. The van der Waals surface area contributed by atoms with Crippen LogP contribution in [-0.4, -0.2) is 23.9 Å². The zero-order chi connectivity index (χ0) is 25.1. The number of methoxy groups -OCH3 is 1. The monoisotopic (exact) mass is 716 g/mol. The van der Waals surface area contributed by atoms with Crippen molar-refractivity contribution in [3.63, 3.8) is 0 Å². The summed E-state index contributed by atoms with van der Waals surface area (Å²) in [4.78, 5) is 27.2. The Morgan fingerprint density at radius 1 is 1.14 bits per heavy atom. The molecule has 1 heterocycles. The molecule has 1 aliphatic heterocycles. The molecule has 0 radical (unpaired) electrons. The van der Waals surface area contributed by atoms with Crippen molar-refractivity contribution in [3.8, 4) is 11.5 Å². The summed E-state index contributed by atoms with van der Waals surface area (Å²) in [5, 5.41) is 11.3. The average molecular weight is 717 g/mol. The van der Waals surface area contributed by atoms with Gasteiger partial charge in [0.1, 0.15) is 6.61 Å². The first-order chi connectivity index (χ1) is 16.7. The lowest BCUT2D eigenvalue weighted by molar-refractivity contribution is -0.384. The molecule has 178 valence electrons. The van der Waals surface area contributed by atoms with E-state index in [-0.39, 0.29) is 27.9 Å². The SMILES string of the molecule is COc1cc(/C=C2\N=C(c3cc([N+](=O)[O-])ccc3Cl)OC2=O)cc(I)c1OCc1ccc(I)cc1. The van der Waals surface area contributed by atoms with Crippen molar-refractivity contribution in [2.24, 2.45) is 4.99 Å². The Hall–Kier alpha value is -2.71. The van der Waals surface area contributed by atoms with Crippen molar-refractivity contribution >= 4 is 80.4 Å². The molecular formula is C24H15ClI2N2O6. The second kappa shape index (κ2) is 10.9. The highest BCUT2D eigenvalue weighted by Crippen LogP contribution is 2.36. The van der Waals surface area contributed by atoms with Crippen LogP contribution in [0.15, 0.2) is 65.3 Å². The van der Waals surface area contributed by atoms with Gasteiger partial charge in [0.05, 0.1) is 26.2 Å². The largest absolute Gasteiger partial charge is 0.493 e. The fourth-order valence-electron chi connectivity index (χ4n) is 3.17. The van der Waals surface area contributed by atoms with Gasteiger partial charge >= 0.3 is 5.97 Å². The topological polar surface area (TPSA) is 100 Å². The fraction of sp³-hybridized carbons (Fsp3) is 0.0833. The summed E-state index contributed by atoms with van der Waals surface area (Å²) < 4.78 is 18.7. The summed E-state index contributed by atoms with van der Waals surface area (Å²) in [6.07, 6.45) is 1.54. The zero-order valence-electron chi connectivity index (χ0n) is 18.0. The van der Waals surface area contributed by atoms with Crippen LogP contribution in [0.25, 0.3) is 6.08 Å². The lowest BCUT2D eigenvalue weighted by Crippen LogP contribution is -2.06. The maximum absolute atomic E-state index is 12.4. The summed E-state index contributed by atoms with van der Waals surface area (Å²) >= 11 is 10.5. The summed E-state index contributed by atoms with van der Waals surface area (Å²) in [7, 11) is 1.53. The van der Waals surface area contributed by atoms with E-state index in [1.807, 2.05) is 30.3 Å². The molecule has 8 nitrogen and oxygen atoms in total. The molecule has 0 aliphatic carbocycles. The second-order valence-electron chi connectivity index (χ2n) is 7.21. The van der Waals surface area contributed by atoms with E-state index in [0.717, 1.165) is 12.7 Å². The number of hydrogen-bond donors (Lipinski definition) is 0. The molecule has 0 unspecified atom stereocenters. The van der Waals surface area contributed by atoms with E-state index >= 15 is 0 Å². The van der Waals surface area contributed by atoms with Gasteiger partial charge in [-0.25, -0.2) is 9.79 Å². The summed E-state index contributed by atoms with van der Waals surface area (Å²) in [5.41, 5.74) is 1.64. The molecule has 1 aliphatic rings. The van der Waals surface area contributed by atoms with Gasteiger partial charge < -0.3 is 14.2 Å². The summed E-state index contributed by atoms with van der Waals surface area (Å²) in [6, 6.07) is 15.4. The zero-order valence-corrected chi connectivity index (χ0v) is 23.0. The van der Waals surface area contributed by atoms with Gasteiger partial charge in [-0.15, -0.1) is 0 Å². The Morgan fingerprint density at radius 3 is 2.57 bits per heavy atom. The van der Waals surface area contributed by atoms with E-state index in [4.69, 9.17) is 25.8 Å². The van der Waals surface area contributed by atoms with E-state index < -0.39 is 10.9 Å². The van der Waals surface area contributed by atoms with E-state index in [2.05, 4.69) is 50.2 Å². The molecular weight excluding hydrogens is 702 g/mol. The smallest absolute Gasteiger partial charge is 0.363 e. The number of benzene rings is 3. The number of hydrogen-bond acceptors (Lipinski definition) is 7. The molecule has 0 atom stereocenters. The van der Waals surface area contributed by atoms with Crippen molar-refractivity contribution in [3.05, 3.63) is 99.3 Å². The van der Waals surface area contributed by atoms with E-state index in [9.17, 15) is 14.9 Å². The molecule has 0 aromatic heterocycles. The van der Waals surface area contributed by atoms with Gasteiger partial charge in [0.15, 0.2) is 17.2 Å². The van der Waals surface area contributed by atoms with Crippen molar-refractivity contribution < 1.29 is 23.9 Å². The van der Waals surface area contributed by atoms with Crippen molar-refractivity contribution in [1.29, 1.82) is 0 Å². The van der Waals surface area contributed by atoms with Crippen LogP contribution in [-0.2, 0) is 16.1 Å². The Kier molecular flexibility index (Phi) is 7.91. The molecule has 0 spiro atoms. The Bertz CT molecular complexity index is 1390. The number of nitrogens with zero attached hydrogens (tertiary/aromatic N) is 2. The molecule has 0 fully saturated rings. The number of rotatable bonds is 7. The number of halogens is 3. The summed E-state index contributed by atoms with van der Waals surface area (Å²) in [5.74, 6) is 0.270. The van der Waals surface area contributed by atoms with Crippen LogP contribution >= 0.6 is 56.8 Å². The van der Waals surface area contributed by atoms with Crippen LogP contribution in [0, 0.1) is 17.3 Å². The Labute approximate surface area is 232 Å². The van der Waals surface area contributed by atoms with Crippen LogP contribution in [0.2, 0.25) is 5.02 Å². The second-order valence-corrected chi connectivity index (χ2v) is 10.0. The third kappa shape index (κ3) is 5.93. The van der Waals surface area contributed by atoms with Gasteiger partial charge in [-0.2, -0.15) is 0 Å². The van der Waals surface area contributed by atoms with Gasteiger partial charge in [0, 0.05) is 15.7 Å². The van der Waals surface area contributed by atoms with Gasteiger partial charge in [-0.3, -0.25) is 10.1 Å². The summed E-state index contributed by atoms with van der Waals surface area (Å²) in [6.45, 7) is 0.369. The van der Waals surface area contributed by atoms with Crippen molar-refractivity contribution in [2.75, 3.05) is 7.11 Å². The molecule has 0 saturated heterocycles. The first kappa shape index (κ1) is 25.4. The van der Waals surface area contributed by atoms with Crippen LogP contribution < -0.4 is 9.47 Å². The van der Waals surface area contributed by atoms with Gasteiger partial charge in [0.25, 0.3) is 5.69 Å². The van der Waals surface area contributed by atoms with E-state index in [1.54, 1.807) is 6.07 Å². The highest BCUT2D eigenvalue weighted by atomic mass is 127. The third-order valence-corrected chi connectivity index (χ3v) is 6.71. The lowest BCUT2D eigenvalue weighted by Gasteiger charge is -2.14. The lowest BCUT2D eigenvalue weighted by atomic mass is 10.1. The fourth-order valence-corrected chi connectivity index (χ4v) is 4.51. The minimum absolute atomic E-state index is 0.0213. The molecule has 11 heteroatoms. The number of esters is 1. The highest BCUT2D eigenvalue weighted by Gasteiger charge is 2.27. The average Bonchev–Trinajstić information content (AvgIpc) is 3.19. The Morgan fingerprint density at radius 2 is 1.89 bits per heavy atom. The van der Waals surface area contributed by atoms with Crippen LogP contribution in [0.1, 0.15) is 16.7 Å². The van der Waals surface area contributed by atoms with Gasteiger partial charge in [-0.1, -0.05) is 23.7 Å². The number of cyclic esters (lactones) is 1. The molecule has 0 N–H and O–H groups in total. The number of aliphatic imine (C=N–C) groups is 1.